The zero-order valence-corrected chi connectivity index (χ0v) is 18.5. The predicted molar refractivity (Wildman–Crippen MR) is 99.9 cm³/mol. The lowest BCUT2D eigenvalue weighted by atomic mass is 9.96. The molecule has 8 atom stereocenters. The average molecular weight is 539 g/mol. The molecule has 1 amide bonds. The molecular weight excluding hydrogens is 518 g/mol. The zero-order valence-electron chi connectivity index (χ0n) is 16.9. The quantitative estimate of drug-likeness (QED) is 0.136. The molecule has 0 saturated carbocycles. The standard InChI is InChI=1S/C14H21NO17S2/c1-4(17)15-8-11(10(32-34(25,26)27)7(3-16)28-13(8)21)30-14-9(31-33(22,23)24)5(18)2-6(29-14)12(19)20/h2,5,7-11,13-14,16,18,21H,3H2,1H3,(H,15,17)(H,19,20)(H,22,23,24)(H,25,26,27)/t5-,7+,8+,9+,10-,11+,13+,14-/m0/s1. The van der Waals surface area contributed by atoms with Crippen LogP contribution in [0.4, 0.5) is 0 Å². The largest absolute Gasteiger partial charge is 0.475 e. The number of aliphatic carboxylic acids is 1. The Morgan fingerprint density at radius 1 is 1.06 bits per heavy atom. The molecule has 0 aromatic rings. The second kappa shape index (κ2) is 10.7. The lowest BCUT2D eigenvalue weighted by Crippen LogP contribution is -2.67. The van der Waals surface area contributed by atoms with Crippen LogP contribution in [0.1, 0.15) is 6.92 Å². The molecule has 2 aliphatic rings. The number of carbonyl (C=O) groups is 2. The molecule has 2 rings (SSSR count). The third kappa shape index (κ3) is 7.51. The van der Waals surface area contributed by atoms with Crippen molar-refractivity contribution in [2.75, 3.05) is 6.61 Å². The summed E-state index contributed by atoms with van der Waals surface area (Å²) in [5.74, 6) is -3.62. The highest BCUT2D eigenvalue weighted by Crippen LogP contribution is 2.31. The van der Waals surface area contributed by atoms with E-state index in [0.29, 0.717) is 6.08 Å². The van der Waals surface area contributed by atoms with Crippen molar-refractivity contribution < 1.29 is 78.5 Å². The van der Waals surface area contributed by atoms with Gasteiger partial charge in [0.2, 0.25) is 18.0 Å². The highest BCUT2D eigenvalue weighted by atomic mass is 32.3. The second-order valence-electron chi connectivity index (χ2n) is 6.86. The average Bonchev–Trinajstić information content (AvgIpc) is 2.66. The van der Waals surface area contributed by atoms with Crippen molar-refractivity contribution >= 4 is 32.7 Å². The number of ether oxygens (including phenoxy) is 3. The molecule has 0 aromatic carbocycles. The second-order valence-corrected chi connectivity index (χ2v) is 8.96. The Bertz CT molecular complexity index is 1010. The number of hydrogen-bond acceptors (Lipinski definition) is 14. The highest BCUT2D eigenvalue weighted by Gasteiger charge is 2.52. The lowest BCUT2D eigenvalue weighted by molar-refractivity contribution is -0.296. The number of carboxylic acids is 1. The number of carboxylic acid groups (broad SMARTS) is 1. The Hall–Kier alpha value is -1.98. The molecule has 0 bridgehead atoms. The third-order valence-electron chi connectivity index (χ3n) is 4.35. The van der Waals surface area contributed by atoms with Crippen LogP contribution in [-0.2, 0) is 53.0 Å². The van der Waals surface area contributed by atoms with E-state index in [2.05, 4.69) is 13.7 Å². The summed E-state index contributed by atoms with van der Waals surface area (Å²) in [7, 11) is -10.6. The summed E-state index contributed by atoms with van der Waals surface area (Å²) < 4.78 is 87.1. The minimum Gasteiger partial charge on any atom is -0.475 e. The summed E-state index contributed by atoms with van der Waals surface area (Å²) in [5, 5.41) is 41.1. The van der Waals surface area contributed by atoms with E-state index in [-0.39, 0.29) is 0 Å². The fraction of sp³-hybridized carbons (Fsp3) is 0.714. The van der Waals surface area contributed by atoms with Gasteiger partial charge in [0, 0.05) is 6.92 Å². The van der Waals surface area contributed by atoms with Crippen LogP contribution in [0.25, 0.3) is 0 Å². The molecule has 196 valence electrons. The number of rotatable bonds is 9. The van der Waals surface area contributed by atoms with E-state index in [1.165, 1.54) is 0 Å². The number of aliphatic hydroxyl groups is 3. The van der Waals surface area contributed by atoms with Crippen LogP contribution in [-0.4, -0.2) is 114 Å². The minimum atomic E-state index is -5.32. The third-order valence-corrected chi connectivity index (χ3v) is 5.28. The van der Waals surface area contributed by atoms with Crippen molar-refractivity contribution in [2.45, 2.75) is 56.1 Å². The number of aliphatic hydroxyl groups excluding tert-OH is 3. The van der Waals surface area contributed by atoms with E-state index in [9.17, 15) is 41.7 Å². The lowest BCUT2D eigenvalue weighted by Gasteiger charge is -2.45. The fourth-order valence-electron chi connectivity index (χ4n) is 3.14. The first kappa shape index (κ1) is 28.3. The predicted octanol–water partition coefficient (Wildman–Crippen LogP) is -4.35. The molecule has 1 saturated heterocycles. The normalized spacial score (nSPS) is 34.6. The maximum atomic E-state index is 11.6. The molecule has 2 aliphatic heterocycles. The summed E-state index contributed by atoms with van der Waals surface area (Å²) in [4.78, 5) is 22.9. The van der Waals surface area contributed by atoms with Crippen molar-refractivity contribution in [3.63, 3.8) is 0 Å². The molecule has 34 heavy (non-hydrogen) atoms. The fourth-order valence-corrected chi connectivity index (χ4v) is 4.14. The van der Waals surface area contributed by atoms with Crippen molar-refractivity contribution in [1.29, 1.82) is 0 Å². The number of hydrogen-bond donors (Lipinski definition) is 7. The SMILES string of the molecule is CC(=O)N[C@@H]1[C@@H](O[C@@H]2OC(C(=O)O)=C[C@H](O)[C@H]2OS(=O)(=O)O)[C@@H](OS(=O)(=O)O)[C@@H](CO)O[C@H]1O. The van der Waals surface area contributed by atoms with E-state index in [1.54, 1.807) is 0 Å². The van der Waals surface area contributed by atoms with Gasteiger partial charge in [-0.15, -0.1) is 0 Å². The summed E-state index contributed by atoms with van der Waals surface area (Å²) in [6.07, 6.45) is -14.0. The van der Waals surface area contributed by atoms with Crippen LogP contribution in [0.3, 0.4) is 0 Å². The summed E-state index contributed by atoms with van der Waals surface area (Å²) in [6, 6.07) is -1.77. The van der Waals surface area contributed by atoms with E-state index >= 15 is 0 Å². The first-order valence-electron chi connectivity index (χ1n) is 9.00. The van der Waals surface area contributed by atoms with Gasteiger partial charge in [-0.05, 0) is 6.08 Å². The Labute approximate surface area is 191 Å². The van der Waals surface area contributed by atoms with Crippen molar-refractivity contribution in [2.24, 2.45) is 0 Å². The smallest absolute Gasteiger partial charge is 0.397 e. The summed E-state index contributed by atoms with van der Waals surface area (Å²) >= 11 is 0. The monoisotopic (exact) mass is 539 g/mol. The van der Waals surface area contributed by atoms with E-state index in [1.807, 2.05) is 0 Å². The van der Waals surface area contributed by atoms with Gasteiger partial charge in [-0.3, -0.25) is 13.9 Å². The number of nitrogens with one attached hydrogen (secondary N) is 1. The van der Waals surface area contributed by atoms with Crippen LogP contribution in [0.5, 0.6) is 0 Å². The molecular formula is C14H21NO17S2. The van der Waals surface area contributed by atoms with Crippen LogP contribution in [0.2, 0.25) is 0 Å². The Kier molecular flexibility index (Phi) is 8.93. The Balaban J connectivity index is 2.54. The number of amides is 1. The molecule has 0 radical (unpaired) electrons. The minimum absolute atomic E-state index is 0.491. The van der Waals surface area contributed by atoms with Crippen LogP contribution >= 0.6 is 0 Å². The van der Waals surface area contributed by atoms with Crippen molar-refractivity contribution in [3.8, 4) is 0 Å². The number of carbonyl (C=O) groups excluding carboxylic acids is 1. The Morgan fingerprint density at radius 3 is 2.09 bits per heavy atom. The molecule has 2 heterocycles. The van der Waals surface area contributed by atoms with Gasteiger partial charge in [0.15, 0.2) is 12.4 Å². The summed E-state index contributed by atoms with van der Waals surface area (Å²) in [5.41, 5.74) is 0. The van der Waals surface area contributed by atoms with Crippen LogP contribution in [0, 0.1) is 0 Å². The maximum Gasteiger partial charge on any atom is 0.397 e. The van der Waals surface area contributed by atoms with Crippen molar-refractivity contribution in [3.05, 3.63) is 11.8 Å². The highest BCUT2D eigenvalue weighted by molar-refractivity contribution is 7.81. The molecule has 1 fully saturated rings. The molecule has 0 aromatic heterocycles. The van der Waals surface area contributed by atoms with Gasteiger partial charge in [-0.2, -0.15) is 16.8 Å². The van der Waals surface area contributed by atoms with Crippen molar-refractivity contribution in [1.82, 2.24) is 5.32 Å². The van der Waals surface area contributed by atoms with Gasteiger partial charge in [-0.25, -0.2) is 13.2 Å². The molecule has 0 spiro atoms. The molecule has 7 N–H and O–H groups in total. The molecule has 0 aliphatic carbocycles. The van der Waals surface area contributed by atoms with Gasteiger partial charge >= 0.3 is 26.8 Å². The van der Waals surface area contributed by atoms with E-state index in [0.717, 1.165) is 6.92 Å². The summed E-state index contributed by atoms with van der Waals surface area (Å²) in [6.45, 7) is -0.0970. The maximum absolute atomic E-state index is 11.6. The van der Waals surface area contributed by atoms with Gasteiger partial charge < -0.3 is 40.0 Å². The van der Waals surface area contributed by atoms with Crippen LogP contribution in [0.15, 0.2) is 11.8 Å². The molecule has 20 heteroatoms. The van der Waals surface area contributed by atoms with Gasteiger partial charge in [0.1, 0.15) is 30.5 Å². The van der Waals surface area contributed by atoms with E-state index < -0.39 is 94.2 Å². The topological polar surface area (TPSA) is 282 Å². The van der Waals surface area contributed by atoms with Crippen LogP contribution < -0.4 is 5.32 Å². The Morgan fingerprint density at radius 2 is 1.62 bits per heavy atom. The van der Waals surface area contributed by atoms with Gasteiger partial charge in [0.25, 0.3) is 0 Å². The van der Waals surface area contributed by atoms with E-state index in [4.69, 9.17) is 28.4 Å². The molecule has 0 unspecified atom stereocenters. The zero-order chi connectivity index (χ0) is 26.0. The molecule has 18 nitrogen and oxygen atoms in total. The van der Waals surface area contributed by atoms with Gasteiger partial charge in [-0.1, -0.05) is 0 Å². The van der Waals surface area contributed by atoms with Gasteiger partial charge in [0.05, 0.1) is 6.61 Å². The first-order valence-corrected chi connectivity index (χ1v) is 11.7. The first-order chi connectivity index (χ1) is 15.5.